The van der Waals surface area contributed by atoms with Crippen LogP contribution in [0, 0.1) is 13.8 Å². The first-order valence-electron chi connectivity index (χ1n) is 41.3. The maximum absolute atomic E-state index is 14.9. The largest absolute Gasteiger partial charge is 0.598 e. The van der Waals surface area contributed by atoms with Crippen LogP contribution in [0.4, 0.5) is 87.8 Å². The summed E-state index contributed by atoms with van der Waals surface area (Å²) in [6.07, 6.45) is -19.8. The summed E-state index contributed by atoms with van der Waals surface area (Å²) in [5, 5.41) is 0. The van der Waals surface area contributed by atoms with Crippen molar-refractivity contribution in [1.82, 2.24) is 8.96 Å². The fraction of sp³-hybridized carbons (Fsp3) is 0.333. The Morgan fingerprint density at radius 2 is 0.603 bits per heavy atom. The molecule has 0 aliphatic carbocycles. The monoisotopic (exact) mass is 1840 g/mol. The minimum absolute atomic E-state index is 0.0222. The summed E-state index contributed by atoms with van der Waals surface area (Å²) in [4.78, 5) is 10.0. The molecule has 0 bridgehead atoms. The van der Waals surface area contributed by atoms with Gasteiger partial charge in [0.15, 0.2) is 0 Å². The van der Waals surface area contributed by atoms with Crippen molar-refractivity contribution in [3.63, 3.8) is 0 Å². The molecular weight excluding hydrogens is 1740 g/mol. The van der Waals surface area contributed by atoms with Gasteiger partial charge in [0, 0.05) is 56.2 Å². The number of hydrogen-bond donors (Lipinski definition) is 0. The number of allylic oxidation sites excluding steroid dienone is 5. The van der Waals surface area contributed by atoms with Crippen molar-refractivity contribution in [3.8, 4) is 56.3 Å². The highest BCUT2D eigenvalue weighted by Crippen LogP contribution is 2.49. The Kier molecular flexibility index (Phi) is 29.0. The zero-order chi connectivity index (χ0) is 96.7. The number of ether oxygens (including phenoxy) is 2. The number of aromatic nitrogens is 2. The third-order valence-electron chi connectivity index (χ3n) is 22.1. The molecule has 0 N–H and O–H groups in total. The summed E-state index contributed by atoms with van der Waals surface area (Å²) in [5.74, 6) is -21.6. The van der Waals surface area contributed by atoms with Crippen LogP contribution in [0.25, 0.3) is 67.6 Å². The Morgan fingerprint density at radius 3 is 0.962 bits per heavy atom. The lowest BCUT2D eigenvalue weighted by atomic mass is 9.85. The molecular formula is C99H96B2F20N4O6. The SMILES string of the molecule is C/C(=C1/N=C(c2ccc(C(C)(C)C)cc2)C=C1c1ccc(C(C)(C)C)cc1)c1c(-c2ccc(C(C)(C)C)cc2)cc(-c2ccc(C(C)(C)C)cc2)n1B(OCC(F)(F)C(F)(F)F)OCC(F)(F)C(F)(F)F.COc1ccc(-c2cc(-c3ccc(OC)cc3)n(B(OCC(F)(F)C(F)(F)F)OCC(F)(F)C(F)(F)F)c2/C=C2\N=C(c3ccc(C)cc3)C=C2c2ccc(C)cc2)cc1. The van der Waals surface area contributed by atoms with Gasteiger partial charge in [0.2, 0.25) is 0 Å². The molecule has 32 heteroatoms. The molecule has 694 valence electrons. The van der Waals surface area contributed by atoms with Crippen LogP contribution >= 0.6 is 0 Å². The molecule has 0 radical (unpaired) electrons. The van der Waals surface area contributed by atoms with E-state index in [1.54, 1.807) is 79.7 Å². The Hall–Kier alpha value is -11.2. The molecule has 2 aliphatic rings. The van der Waals surface area contributed by atoms with Gasteiger partial charge in [0.05, 0.1) is 37.0 Å². The average Bonchev–Trinajstić information content (AvgIpc) is 1.63. The number of aliphatic imine (C=N–C) groups is 2. The molecule has 2 aromatic heterocycles. The molecule has 2 aliphatic heterocycles. The number of halogens is 20. The molecule has 0 amide bonds. The van der Waals surface area contributed by atoms with Crippen LogP contribution < -0.4 is 9.47 Å². The number of rotatable bonds is 26. The maximum Gasteiger partial charge on any atom is 0.598 e. The molecule has 10 aromatic rings. The topological polar surface area (TPSA) is 90.0 Å². The number of aryl methyl sites for hydroxylation is 2. The van der Waals surface area contributed by atoms with Gasteiger partial charge in [-0.05, 0) is 170 Å². The first-order valence-corrected chi connectivity index (χ1v) is 41.3. The van der Waals surface area contributed by atoms with E-state index in [1.807, 2.05) is 171 Å². The van der Waals surface area contributed by atoms with Crippen molar-refractivity contribution in [2.45, 2.75) is 174 Å². The van der Waals surface area contributed by atoms with Gasteiger partial charge in [-0.1, -0.05) is 252 Å². The van der Waals surface area contributed by atoms with Gasteiger partial charge >= 0.3 is 62.9 Å². The van der Waals surface area contributed by atoms with Crippen LogP contribution in [0.3, 0.4) is 0 Å². The van der Waals surface area contributed by atoms with E-state index in [-0.39, 0.29) is 83.7 Å². The standard InChI is InChI=1S/C56H61BF10N2O2.C43H35BF10N2O4/c1-34(47-43(35-14-22-39(23-15-35)49(2,3)4)30-45(68-47)37-18-26-41(27-19-37)51(8,9)10)48-44(36-16-24-40(25-17-36)50(5,6)7)31-46(38-20-28-42(29-21-38)52(11,12)13)69(48)57(70-32-53(58,59)55(62,63)64)71-33-54(60,61)56(65,66)67;1-26-5-9-28(10-6-26)34-21-36(30-11-7-27(2)8-12-30)55-37(34)23-39-35(29-13-17-32(57-3)18-14-29)22-38(31-15-19-33(58-4)20-16-31)56(39)44(59-24-40(45,46)42(49,50)51)60-25-41(47,48)43(52,53)54/h14-31H,32-33H2,1-13H3;5-23H,24-25H2,1-4H3/b47-34-;37-23-. The first-order chi connectivity index (χ1) is 60.6. The lowest BCUT2D eigenvalue weighted by Gasteiger charge is -2.27. The van der Waals surface area contributed by atoms with Crippen molar-refractivity contribution >= 4 is 48.7 Å². The van der Waals surface area contributed by atoms with Crippen molar-refractivity contribution < 1.29 is 116 Å². The Morgan fingerprint density at radius 1 is 0.328 bits per heavy atom. The van der Waals surface area contributed by atoms with Crippen LogP contribution in [0.1, 0.15) is 157 Å². The zero-order valence-corrected chi connectivity index (χ0v) is 74.6. The van der Waals surface area contributed by atoms with Crippen LogP contribution in [0.5, 0.6) is 11.5 Å². The van der Waals surface area contributed by atoms with E-state index in [9.17, 15) is 87.8 Å². The fourth-order valence-electron chi connectivity index (χ4n) is 14.2. The van der Waals surface area contributed by atoms with Gasteiger partial charge in [0.1, 0.15) is 37.9 Å². The Balaban J connectivity index is 0.000000256. The van der Waals surface area contributed by atoms with Crippen molar-refractivity contribution in [3.05, 3.63) is 297 Å². The number of alkyl halides is 20. The summed E-state index contributed by atoms with van der Waals surface area (Å²) in [7, 11) is -2.71. The molecule has 0 unspecified atom stereocenters. The van der Waals surface area contributed by atoms with E-state index in [1.165, 1.54) is 50.6 Å². The second-order valence-corrected chi connectivity index (χ2v) is 36.1. The highest BCUT2D eigenvalue weighted by Gasteiger charge is 2.62. The van der Waals surface area contributed by atoms with Crippen molar-refractivity contribution in [2.24, 2.45) is 9.98 Å². The predicted octanol–water partition coefficient (Wildman–Crippen LogP) is 28.2. The Bertz CT molecular complexity index is 5840. The zero-order valence-electron chi connectivity index (χ0n) is 74.6. The van der Waals surface area contributed by atoms with Gasteiger partial charge in [-0.15, -0.1) is 0 Å². The lowest BCUT2D eigenvalue weighted by Crippen LogP contribution is -2.48. The van der Waals surface area contributed by atoms with E-state index >= 15 is 0 Å². The molecule has 0 saturated heterocycles. The van der Waals surface area contributed by atoms with E-state index in [0.717, 1.165) is 42.3 Å². The lowest BCUT2D eigenvalue weighted by molar-refractivity contribution is -0.296. The fourth-order valence-corrected chi connectivity index (χ4v) is 14.2. The minimum atomic E-state index is -6.20. The van der Waals surface area contributed by atoms with E-state index in [0.29, 0.717) is 67.4 Å². The second-order valence-electron chi connectivity index (χ2n) is 36.1. The highest BCUT2D eigenvalue weighted by molar-refractivity contribution is 6.45. The van der Waals surface area contributed by atoms with Crippen LogP contribution in [0.2, 0.25) is 0 Å². The summed E-state index contributed by atoms with van der Waals surface area (Å²) in [6, 6.07) is 59.3. The molecule has 0 fully saturated rings. The molecule has 4 heterocycles. The maximum atomic E-state index is 14.9. The third-order valence-corrected chi connectivity index (χ3v) is 22.1. The Labute approximate surface area is 747 Å². The second kappa shape index (κ2) is 37.8. The summed E-state index contributed by atoms with van der Waals surface area (Å²) >= 11 is 0. The highest BCUT2D eigenvalue weighted by atomic mass is 19.4. The molecule has 0 saturated carbocycles. The van der Waals surface area contributed by atoms with Gasteiger partial charge in [-0.3, -0.25) is 0 Å². The van der Waals surface area contributed by atoms with Crippen molar-refractivity contribution in [1.29, 1.82) is 0 Å². The summed E-state index contributed by atoms with van der Waals surface area (Å²) < 4.78 is 315. The van der Waals surface area contributed by atoms with Gasteiger partial charge < -0.3 is 37.0 Å². The van der Waals surface area contributed by atoms with Crippen LogP contribution in [0.15, 0.2) is 240 Å². The van der Waals surface area contributed by atoms with Gasteiger partial charge in [-0.2, -0.15) is 87.8 Å². The number of benzene rings is 8. The van der Waals surface area contributed by atoms with E-state index < -0.39 is 89.3 Å². The van der Waals surface area contributed by atoms with E-state index in [2.05, 4.69) is 41.5 Å². The molecule has 12 rings (SSSR count). The normalized spacial score (nSPS) is 14.8. The smallest absolute Gasteiger partial charge is 0.497 e. The van der Waals surface area contributed by atoms with E-state index in [4.69, 9.17) is 38.1 Å². The number of nitrogens with zero attached hydrogens (tertiary/aromatic N) is 4. The minimum Gasteiger partial charge on any atom is -0.497 e. The number of hydrogen-bond acceptors (Lipinski definition) is 8. The van der Waals surface area contributed by atoms with Gasteiger partial charge in [0.25, 0.3) is 0 Å². The van der Waals surface area contributed by atoms with Crippen LogP contribution in [-0.2, 0) is 40.3 Å². The molecule has 0 atom stereocenters. The molecule has 0 spiro atoms. The average molecular weight is 1840 g/mol. The summed E-state index contributed by atoms with van der Waals surface area (Å²) in [5.41, 5.74) is 11.6. The molecule has 10 nitrogen and oxygen atoms in total. The number of methoxy groups -OCH3 is 2. The van der Waals surface area contributed by atoms with Crippen molar-refractivity contribution in [2.75, 3.05) is 40.6 Å². The van der Waals surface area contributed by atoms with Gasteiger partial charge in [-0.25, -0.2) is 9.98 Å². The predicted molar refractivity (Wildman–Crippen MR) is 473 cm³/mol. The molecule has 131 heavy (non-hydrogen) atoms. The third kappa shape index (κ3) is 23.1. The molecule has 8 aromatic carbocycles. The first kappa shape index (κ1) is 100. The summed E-state index contributed by atoms with van der Waals surface area (Å²) in [6.45, 7) is 19.6. The quantitative estimate of drug-likeness (QED) is 0.0396. The van der Waals surface area contributed by atoms with Crippen LogP contribution in [-0.4, -0.2) is 124 Å².